The van der Waals surface area contributed by atoms with Crippen LogP contribution in [0.25, 0.3) is 0 Å². The highest BCUT2D eigenvalue weighted by molar-refractivity contribution is 5.95. The van der Waals surface area contributed by atoms with Gasteiger partial charge in [-0.1, -0.05) is 49.6 Å². The zero-order valence-corrected chi connectivity index (χ0v) is 18.2. The molecule has 32 heavy (non-hydrogen) atoms. The second kappa shape index (κ2) is 11.7. The maximum absolute atomic E-state index is 12.8. The fourth-order valence-electron chi connectivity index (χ4n) is 3.78. The van der Waals surface area contributed by atoms with Gasteiger partial charge < -0.3 is 20.1 Å². The molecule has 2 aromatic rings. The van der Waals surface area contributed by atoms with Crippen molar-refractivity contribution in [2.75, 3.05) is 23.8 Å². The molecule has 0 bridgehead atoms. The van der Waals surface area contributed by atoms with Gasteiger partial charge >= 0.3 is 0 Å². The summed E-state index contributed by atoms with van der Waals surface area (Å²) >= 11 is 0. The van der Waals surface area contributed by atoms with Gasteiger partial charge in [0.25, 0.3) is 0 Å². The number of rotatable bonds is 10. The van der Waals surface area contributed by atoms with Crippen LogP contribution in [0.4, 0.5) is 11.4 Å². The van der Waals surface area contributed by atoms with Crippen LogP contribution in [0, 0.1) is 11.8 Å². The molecule has 0 unspecified atom stereocenters. The highest BCUT2D eigenvalue weighted by Crippen LogP contribution is 2.33. The maximum Gasteiger partial charge on any atom is 0.227 e. The predicted molar refractivity (Wildman–Crippen MR) is 127 cm³/mol. The topological polar surface area (TPSA) is 76.7 Å². The van der Waals surface area contributed by atoms with Crippen LogP contribution in [-0.2, 0) is 9.59 Å². The molecule has 6 heteroatoms. The van der Waals surface area contributed by atoms with E-state index in [1.54, 1.807) is 12.2 Å². The molecule has 0 atom stereocenters. The van der Waals surface area contributed by atoms with Crippen LogP contribution in [0.3, 0.4) is 0 Å². The summed E-state index contributed by atoms with van der Waals surface area (Å²) in [6, 6.07) is 14.7. The van der Waals surface area contributed by atoms with Gasteiger partial charge in [0, 0.05) is 11.8 Å². The largest absolute Gasteiger partial charge is 0.487 e. The summed E-state index contributed by atoms with van der Waals surface area (Å²) in [6.45, 7) is 8.04. The molecule has 1 saturated carbocycles. The Morgan fingerprint density at radius 1 is 0.750 bits per heavy atom. The van der Waals surface area contributed by atoms with Gasteiger partial charge in [0.2, 0.25) is 11.8 Å². The highest BCUT2D eigenvalue weighted by atomic mass is 16.5. The first kappa shape index (κ1) is 23.1. The van der Waals surface area contributed by atoms with Crippen molar-refractivity contribution >= 4 is 23.2 Å². The molecule has 0 radical (unpaired) electrons. The predicted octanol–water partition coefficient (Wildman–Crippen LogP) is 5.20. The molecular formula is C26H30N2O4. The summed E-state index contributed by atoms with van der Waals surface area (Å²) in [7, 11) is 0. The fourth-order valence-corrected chi connectivity index (χ4v) is 3.78. The van der Waals surface area contributed by atoms with E-state index < -0.39 is 0 Å². The number of carbonyl (C=O) groups is 2. The van der Waals surface area contributed by atoms with E-state index in [1.165, 1.54) is 0 Å². The van der Waals surface area contributed by atoms with E-state index in [0.29, 0.717) is 61.8 Å². The molecule has 2 aromatic carbocycles. The van der Waals surface area contributed by atoms with Crippen LogP contribution in [0.5, 0.6) is 11.5 Å². The highest BCUT2D eigenvalue weighted by Gasteiger charge is 2.30. The van der Waals surface area contributed by atoms with Crippen molar-refractivity contribution in [1.29, 1.82) is 0 Å². The zero-order chi connectivity index (χ0) is 22.8. The number of para-hydroxylation sites is 4. The summed E-state index contributed by atoms with van der Waals surface area (Å²) in [5, 5.41) is 5.95. The molecule has 2 N–H and O–H groups in total. The van der Waals surface area contributed by atoms with Crippen molar-refractivity contribution in [3.05, 3.63) is 73.8 Å². The fraction of sp³-hybridized carbons (Fsp3) is 0.308. The first-order chi connectivity index (χ1) is 15.6. The molecule has 168 valence electrons. The van der Waals surface area contributed by atoms with E-state index in [4.69, 9.17) is 9.47 Å². The SMILES string of the molecule is C=CCOc1ccccc1NC(=O)C1CCC(C(=O)Nc2ccccc2OCC=C)CC1. The average molecular weight is 435 g/mol. The molecule has 0 saturated heterocycles. The Labute approximate surface area is 189 Å². The molecule has 3 rings (SSSR count). The van der Waals surface area contributed by atoms with E-state index in [0.717, 1.165) is 0 Å². The van der Waals surface area contributed by atoms with Gasteiger partial charge in [-0.3, -0.25) is 9.59 Å². The summed E-state index contributed by atoms with van der Waals surface area (Å²) < 4.78 is 11.2. The van der Waals surface area contributed by atoms with Crippen LogP contribution >= 0.6 is 0 Å². The zero-order valence-electron chi connectivity index (χ0n) is 18.2. The molecule has 0 spiro atoms. The number of amides is 2. The Balaban J connectivity index is 1.53. The van der Waals surface area contributed by atoms with Crippen molar-refractivity contribution in [3.8, 4) is 11.5 Å². The minimum atomic E-state index is -0.130. The quantitative estimate of drug-likeness (QED) is 0.504. The Morgan fingerprint density at radius 3 is 1.50 bits per heavy atom. The number of carbonyl (C=O) groups excluding carboxylic acids is 2. The molecule has 2 amide bonds. The first-order valence-corrected chi connectivity index (χ1v) is 10.9. The lowest BCUT2D eigenvalue weighted by atomic mass is 9.81. The third kappa shape index (κ3) is 6.23. The molecule has 0 heterocycles. The average Bonchev–Trinajstić information content (AvgIpc) is 2.83. The van der Waals surface area contributed by atoms with Crippen molar-refractivity contribution in [3.63, 3.8) is 0 Å². The van der Waals surface area contributed by atoms with Gasteiger partial charge in [-0.25, -0.2) is 0 Å². The summed E-state index contributed by atoms with van der Waals surface area (Å²) in [4.78, 5) is 25.6. The van der Waals surface area contributed by atoms with E-state index in [2.05, 4.69) is 23.8 Å². The van der Waals surface area contributed by atoms with Gasteiger partial charge in [0.15, 0.2) is 0 Å². The Kier molecular flexibility index (Phi) is 8.49. The monoisotopic (exact) mass is 434 g/mol. The Bertz CT molecular complexity index is 871. The number of anilines is 2. The van der Waals surface area contributed by atoms with E-state index >= 15 is 0 Å². The molecule has 6 nitrogen and oxygen atoms in total. The van der Waals surface area contributed by atoms with Crippen LogP contribution in [0.1, 0.15) is 25.7 Å². The third-order valence-electron chi connectivity index (χ3n) is 5.47. The van der Waals surface area contributed by atoms with Crippen LogP contribution in [0.15, 0.2) is 73.8 Å². The van der Waals surface area contributed by atoms with Gasteiger partial charge in [0.1, 0.15) is 24.7 Å². The third-order valence-corrected chi connectivity index (χ3v) is 5.47. The number of benzene rings is 2. The van der Waals surface area contributed by atoms with Crippen LogP contribution in [0.2, 0.25) is 0 Å². The van der Waals surface area contributed by atoms with Gasteiger partial charge in [-0.05, 0) is 49.9 Å². The number of nitrogens with one attached hydrogen (secondary N) is 2. The van der Waals surface area contributed by atoms with Gasteiger partial charge in [0.05, 0.1) is 11.4 Å². The lowest BCUT2D eigenvalue weighted by Gasteiger charge is -2.27. The van der Waals surface area contributed by atoms with E-state index in [-0.39, 0.29) is 23.7 Å². The molecule has 1 aliphatic rings. The van der Waals surface area contributed by atoms with Crippen molar-refractivity contribution in [2.24, 2.45) is 11.8 Å². The van der Waals surface area contributed by atoms with Crippen molar-refractivity contribution < 1.29 is 19.1 Å². The minimum Gasteiger partial charge on any atom is -0.487 e. The molecule has 0 aromatic heterocycles. The second-order valence-electron chi connectivity index (χ2n) is 7.72. The molecule has 0 aliphatic heterocycles. The van der Waals surface area contributed by atoms with Crippen molar-refractivity contribution in [1.82, 2.24) is 0 Å². The summed E-state index contributed by atoms with van der Waals surface area (Å²) in [6.07, 6.45) is 5.97. The van der Waals surface area contributed by atoms with Gasteiger partial charge in [-0.2, -0.15) is 0 Å². The molecule has 1 aliphatic carbocycles. The molecule has 1 fully saturated rings. The second-order valence-corrected chi connectivity index (χ2v) is 7.72. The number of ether oxygens (including phenoxy) is 2. The summed E-state index contributed by atoms with van der Waals surface area (Å²) in [5.74, 6) is 0.894. The normalized spacial score (nSPS) is 17.6. The minimum absolute atomic E-state index is 0.0401. The van der Waals surface area contributed by atoms with Crippen molar-refractivity contribution in [2.45, 2.75) is 25.7 Å². The van der Waals surface area contributed by atoms with Gasteiger partial charge in [-0.15, -0.1) is 0 Å². The standard InChI is InChI=1S/C26H30N2O4/c1-3-17-31-23-11-7-5-9-21(23)27-25(29)19-13-15-20(16-14-19)26(30)28-22-10-6-8-12-24(22)32-18-4-2/h3-12,19-20H,1-2,13-18H2,(H,27,29)(H,28,30). The van der Waals surface area contributed by atoms with Crippen LogP contribution in [-0.4, -0.2) is 25.0 Å². The van der Waals surface area contributed by atoms with E-state index in [9.17, 15) is 9.59 Å². The maximum atomic E-state index is 12.8. The number of hydrogen-bond acceptors (Lipinski definition) is 4. The van der Waals surface area contributed by atoms with E-state index in [1.807, 2.05) is 48.5 Å². The Hall–Kier alpha value is -3.54. The molecular weight excluding hydrogens is 404 g/mol. The smallest absolute Gasteiger partial charge is 0.227 e. The number of hydrogen-bond donors (Lipinski definition) is 2. The van der Waals surface area contributed by atoms with Crippen LogP contribution < -0.4 is 20.1 Å². The lowest BCUT2D eigenvalue weighted by Crippen LogP contribution is -2.32. The Morgan fingerprint density at radius 2 is 1.12 bits per heavy atom. The summed E-state index contributed by atoms with van der Waals surface area (Å²) in [5.41, 5.74) is 1.30. The first-order valence-electron chi connectivity index (χ1n) is 10.9. The lowest BCUT2D eigenvalue weighted by molar-refractivity contribution is -0.125.